The second-order valence-electron chi connectivity index (χ2n) is 4.95. The number of hydrogen-bond acceptors (Lipinski definition) is 2. The maximum atomic E-state index is 11.3. The molecule has 2 rings (SSSR count). The van der Waals surface area contributed by atoms with Gasteiger partial charge in [0.25, 0.3) is 0 Å². The van der Waals surface area contributed by atoms with Gasteiger partial charge in [-0.1, -0.05) is 34.6 Å². The summed E-state index contributed by atoms with van der Waals surface area (Å²) >= 11 is 0. The minimum Gasteiger partial charge on any atom is -0.310 e. The average molecular weight is 222 g/mol. The quantitative estimate of drug-likeness (QED) is 0.733. The lowest BCUT2D eigenvalue weighted by atomic mass is 9.88. The summed E-state index contributed by atoms with van der Waals surface area (Å²) in [7, 11) is 0. The first-order chi connectivity index (χ1) is 7.48. The van der Waals surface area contributed by atoms with Gasteiger partial charge in [0.15, 0.2) is 0 Å². The fourth-order valence-electron chi connectivity index (χ4n) is 2.09. The second kappa shape index (κ2) is 4.81. The molecule has 1 aromatic heterocycles. The summed E-state index contributed by atoms with van der Waals surface area (Å²) in [4.78, 5) is 18.3. The lowest BCUT2D eigenvalue weighted by molar-refractivity contribution is 0.556. The topological polar surface area (TPSA) is 45.8 Å². The molecule has 0 unspecified atom stereocenters. The Morgan fingerprint density at radius 2 is 1.81 bits per heavy atom. The predicted octanol–water partition coefficient (Wildman–Crippen LogP) is 2.58. The van der Waals surface area contributed by atoms with E-state index in [1.54, 1.807) is 0 Å². The zero-order valence-corrected chi connectivity index (χ0v) is 11.0. The molecule has 3 heteroatoms. The molecule has 90 valence electrons. The molecule has 0 amide bonds. The smallest absolute Gasteiger partial charge is 0.310 e. The van der Waals surface area contributed by atoms with E-state index in [1.807, 2.05) is 13.8 Å². The van der Waals surface area contributed by atoms with Gasteiger partial charge in [0.05, 0.1) is 5.69 Å². The van der Waals surface area contributed by atoms with Crippen LogP contribution in [-0.2, 0) is 18.3 Å². The maximum absolute atomic E-state index is 11.3. The van der Waals surface area contributed by atoms with Crippen LogP contribution in [0.5, 0.6) is 0 Å². The van der Waals surface area contributed by atoms with Crippen LogP contribution in [0.1, 0.15) is 58.0 Å². The van der Waals surface area contributed by atoms with Crippen LogP contribution in [0, 0.1) is 0 Å². The number of nitrogens with one attached hydrogen (secondary N) is 1. The van der Waals surface area contributed by atoms with Crippen molar-refractivity contribution in [2.45, 2.75) is 59.3 Å². The Balaban J connectivity index is 0.000000606. The van der Waals surface area contributed by atoms with Crippen LogP contribution in [0.4, 0.5) is 0 Å². The molecule has 3 nitrogen and oxygen atoms in total. The second-order valence-corrected chi connectivity index (χ2v) is 4.95. The van der Waals surface area contributed by atoms with E-state index < -0.39 is 0 Å². The van der Waals surface area contributed by atoms with Crippen LogP contribution in [0.25, 0.3) is 0 Å². The minimum atomic E-state index is -0.199. The van der Waals surface area contributed by atoms with Gasteiger partial charge < -0.3 is 4.98 Å². The Labute approximate surface area is 97.3 Å². The summed E-state index contributed by atoms with van der Waals surface area (Å²) in [5.41, 5.74) is 3.14. The standard InChI is InChI=1S/C11H16N2O.C2H6/c1-11(2,3)9-7-5-4-6-8(7)12-10(14)13-9;1-2/h4-6H2,1-3H3,(H,12,13,14);1-2H3. The molecule has 1 aliphatic rings. The number of aromatic amines is 1. The van der Waals surface area contributed by atoms with E-state index in [4.69, 9.17) is 0 Å². The van der Waals surface area contributed by atoms with Crippen molar-refractivity contribution in [2.75, 3.05) is 0 Å². The molecule has 0 fully saturated rings. The number of H-pyrrole nitrogens is 1. The highest BCUT2D eigenvalue weighted by atomic mass is 16.1. The maximum Gasteiger partial charge on any atom is 0.345 e. The minimum absolute atomic E-state index is 0.0251. The highest BCUT2D eigenvalue weighted by Gasteiger charge is 2.25. The van der Waals surface area contributed by atoms with Gasteiger partial charge in [-0.3, -0.25) is 0 Å². The van der Waals surface area contributed by atoms with Crippen LogP contribution in [-0.4, -0.2) is 9.97 Å². The van der Waals surface area contributed by atoms with Crippen molar-refractivity contribution in [3.63, 3.8) is 0 Å². The third kappa shape index (κ3) is 2.52. The predicted molar refractivity (Wildman–Crippen MR) is 66.9 cm³/mol. The molecular weight excluding hydrogens is 200 g/mol. The van der Waals surface area contributed by atoms with Crippen molar-refractivity contribution in [2.24, 2.45) is 0 Å². The molecule has 1 heterocycles. The number of fused-ring (bicyclic) bond motifs is 1. The van der Waals surface area contributed by atoms with Gasteiger partial charge in [-0.25, -0.2) is 4.79 Å². The first-order valence-electron chi connectivity index (χ1n) is 6.11. The summed E-state index contributed by atoms with van der Waals surface area (Å²) in [5, 5.41) is 0. The molecule has 1 N–H and O–H groups in total. The number of nitrogens with zero attached hydrogens (tertiary/aromatic N) is 1. The Morgan fingerprint density at radius 3 is 2.38 bits per heavy atom. The molecule has 0 aliphatic heterocycles. The van der Waals surface area contributed by atoms with Crippen molar-refractivity contribution >= 4 is 0 Å². The third-order valence-electron chi connectivity index (χ3n) is 2.69. The lowest BCUT2D eigenvalue weighted by Gasteiger charge is -2.20. The van der Waals surface area contributed by atoms with E-state index in [0.29, 0.717) is 0 Å². The third-order valence-corrected chi connectivity index (χ3v) is 2.69. The summed E-state index contributed by atoms with van der Waals surface area (Å²) in [6.45, 7) is 10.3. The molecule has 0 atom stereocenters. The van der Waals surface area contributed by atoms with E-state index in [2.05, 4.69) is 30.7 Å². The Hall–Kier alpha value is -1.12. The highest BCUT2D eigenvalue weighted by Crippen LogP contribution is 2.29. The van der Waals surface area contributed by atoms with Gasteiger partial charge in [-0.15, -0.1) is 0 Å². The summed E-state index contributed by atoms with van der Waals surface area (Å²) < 4.78 is 0. The van der Waals surface area contributed by atoms with Crippen LogP contribution < -0.4 is 5.69 Å². The van der Waals surface area contributed by atoms with Gasteiger partial charge in [0.1, 0.15) is 0 Å². The van der Waals surface area contributed by atoms with E-state index in [9.17, 15) is 4.79 Å². The molecule has 0 bridgehead atoms. The van der Waals surface area contributed by atoms with E-state index in [-0.39, 0.29) is 11.1 Å². The van der Waals surface area contributed by atoms with Gasteiger partial charge in [-0.05, 0) is 24.8 Å². The number of rotatable bonds is 0. The van der Waals surface area contributed by atoms with Gasteiger partial charge >= 0.3 is 5.69 Å². The van der Waals surface area contributed by atoms with Crippen molar-refractivity contribution < 1.29 is 0 Å². The van der Waals surface area contributed by atoms with Crippen molar-refractivity contribution in [3.05, 3.63) is 27.4 Å². The van der Waals surface area contributed by atoms with Crippen molar-refractivity contribution in [3.8, 4) is 0 Å². The van der Waals surface area contributed by atoms with Crippen LogP contribution in [0.15, 0.2) is 4.79 Å². The van der Waals surface area contributed by atoms with E-state index >= 15 is 0 Å². The molecule has 0 radical (unpaired) electrons. The fourth-order valence-corrected chi connectivity index (χ4v) is 2.09. The normalized spacial score (nSPS) is 14.1. The largest absolute Gasteiger partial charge is 0.345 e. The monoisotopic (exact) mass is 222 g/mol. The molecule has 0 saturated carbocycles. The van der Waals surface area contributed by atoms with Gasteiger partial charge in [0.2, 0.25) is 0 Å². The van der Waals surface area contributed by atoms with Crippen molar-refractivity contribution in [1.82, 2.24) is 9.97 Å². The van der Waals surface area contributed by atoms with Crippen LogP contribution >= 0.6 is 0 Å². The Bertz CT molecular complexity index is 413. The number of aromatic nitrogens is 2. The first-order valence-corrected chi connectivity index (χ1v) is 6.11. The molecular formula is C13H22N2O. The van der Waals surface area contributed by atoms with Gasteiger partial charge in [0, 0.05) is 11.1 Å². The SMILES string of the molecule is CC.CC(C)(C)c1nc(=O)[nH]c2c1CCC2. The van der Waals surface area contributed by atoms with Crippen molar-refractivity contribution in [1.29, 1.82) is 0 Å². The summed E-state index contributed by atoms with van der Waals surface area (Å²) in [5.74, 6) is 0. The van der Waals surface area contributed by atoms with E-state index in [0.717, 1.165) is 30.7 Å². The zero-order chi connectivity index (χ0) is 12.3. The molecule has 1 aromatic rings. The lowest BCUT2D eigenvalue weighted by Crippen LogP contribution is -2.24. The van der Waals surface area contributed by atoms with E-state index in [1.165, 1.54) is 5.56 Å². The zero-order valence-electron chi connectivity index (χ0n) is 11.0. The first kappa shape index (κ1) is 12.9. The number of hydrogen-bond donors (Lipinski definition) is 1. The molecule has 0 spiro atoms. The van der Waals surface area contributed by atoms with Gasteiger partial charge in [-0.2, -0.15) is 4.98 Å². The Kier molecular flexibility index (Phi) is 3.89. The number of aryl methyl sites for hydroxylation is 1. The van der Waals surface area contributed by atoms with Crippen LogP contribution in [0.3, 0.4) is 0 Å². The Morgan fingerprint density at radius 1 is 1.19 bits per heavy atom. The van der Waals surface area contributed by atoms with Crippen LogP contribution in [0.2, 0.25) is 0 Å². The fraction of sp³-hybridized carbons (Fsp3) is 0.692. The molecule has 0 saturated heterocycles. The summed E-state index contributed by atoms with van der Waals surface area (Å²) in [6, 6.07) is 0. The summed E-state index contributed by atoms with van der Waals surface area (Å²) in [6.07, 6.45) is 3.20. The molecule has 1 aliphatic carbocycles. The molecule has 16 heavy (non-hydrogen) atoms. The molecule has 0 aromatic carbocycles. The average Bonchev–Trinajstić information content (AvgIpc) is 2.65. The highest BCUT2D eigenvalue weighted by molar-refractivity contribution is 5.32.